The van der Waals surface area contributed by atoms with E-state index in [9.17, 15) is 4.79 Å². The fourth-order valence-corrected chi connectivity index (χ4v) is 3.29. The molecule has 1 fully saturated rings. The molecule has 4 heteroatoms. The van der Waals surface area contributed by atoms with Crippen LogP contribution >= 0.6 is 0 Å². The first kappa shape index (κ1) is 19.8. The number of hydrogen-bond donors (Lipinski definition) is 1. The summed E-state index contributed by atoms with van der Waals surface area (Å²) < 4.78 is 0. The molecule has 2 amide bonds. The van der Waals surface area contributed by atoms with Crippen LogP contribution in [0.4, 0.5) is 16.2 Å². The highest BCUT2D eigenvalue weighted by atomic mass is 16.2. The monoisotopic (exact) mass is 353 g/mol. The molecule has 1 N–H and O–H groups in total. The molecule has 0 aliphatic carbocycles. The molecule has 0 atom stereocenters. The normalized spacial score (nSPS) is 14.9. The molecule has 2 aliphatic rings. The highest BCUT2D eigenvalue weighted by Crippen LogP contribution is 2.32. The van der Waals surface area contributed by atoms with Gasteiger partial charge in [0, 0.05) is 31.0 Å². The molecule has 0 unspecified atom stereocenters. The van der Waals surface area contributed by atoms with Crippen LogP contribution in [0.15, 0.2) is 54.6 Å². The number of likely N-dealkylation sites (tertiary alicyclic amines) is 1. The molecule has 2 aliphatic heterocycles. The van der Waals surface area contributed by atoms with E-state index in [1.54, 1.807) is 0 Å². The number of nitrogens with one attached hydrogen (secondary N) is 1. The van der Waals surface area contributed by atoms with Crippen LogP contribution in [0.25, 0.3) is 0 Å². The van der Waals surface area contributed by atoms with Gasteiger partial charge in [-0.05, 0) is 30.2 Å². The van der Waals surface area contributed by atoms with Gasteiger partial charge in [0.25, 0.3) is 0 Å². The van der Waals surface area contributed by atoms with E-state index in [2.05, 4.69) is 34.5 Å². The standard InChI is InChI=1S/C18H19N3O.2C2H6/c22-18(19-15-7-2-1-3-8-15)20-12-16(13-20)21-11-10-14-6-4-5-9-17(14)21;2*1-2/h1-9,16H,10-13H2,(H,19,22);2*1-2H3. The minimum atomic E-state index is -0.00469. The molecule has 2 aromatic carbocycles. The summed E-state index contributed by atoms with van der Waals surface area (Å²) in [4.78, 5) is 16.5. The smallest absolute Gasteiger partial charge is 0.321 e. The van der Waals surface area contributed by atoms with Gasteiger partial charge in [0.2, 0.25) is 0 Å². The maximum absolute atomic E-state index is 12.2. The van der Waals surface area contributed by atoms with Crippen LogP contribution in [-0.4, -0.2) is 36.6 Å². The van der Waals surface area contributed by atoms with E-state index in [1.807, 2.05) is 62.9 Å². The van der Waals surface area contributed by atoms with Crippen molar-refractivity contribution in [3.63, 3.8) is 0 Å². The van der Waals surface area contributed by atoms with Crippen molar-refractivity contribution < 1.29 is 4.79 Å². The Morgan fingerprint density at radius 3 is 2.23 bits per heavy atom. The Labute approximate surface area is 157 Å². The average molecular weight is 354 g/mol. The summed E-state index contributed by atoms with van der Waals surface area (Å²) in [7, 11) is 0. The van der Waals surface area contributed by atoms with Crippen LogP contribution in [0, 0.1) is 0 Å². The van der Waals surface area contributed by atoms with Gasteiger partial charge in [0.15, 0.2) is 0 Å². The molecule has 2 heterocycles. The lowest BCUT2D eigenvalue weighted by molar-refractivity contribution is 0.162. The maximum Gasteiger partial charge on any atom is 0.321 e. The number of amides is 2. The number of nitrogens with zero attached hydrogens (tertiary/aromatic N) is 2. The fourth-order valence-electron chi connectivity index (χ4n) is 3.29. The molecule has 0 spiro atoms. The van der Waals surface area contributed by atoms with Crippen molar-refractivity contribution >= 4 is 17.4 Å². The molecule has 0 bridgehead atoms. The van der Waals surface area contributed by atoms with Gasteiger partial charge in [-0.25, -0.2) is 4.79 Å². The SMILES string of the molecule is CC.CC.O=C(Nc1ccccc1)N1CC(N2CCc3ccccc32)C1. The third-order valence-corrected chi connectivity index (χ3v) is 4.54. The van der Waals surface area contributed by atoms with E-state index in [1.165, 1.54) is 11.3 Å². The molecule has 140 valence electrons. The minimum Gasteiger partial charge on any atom is -0.364 e. The summed E-state index contributed by atoms with van der Waals surface area (Å²) in [6, 6.07) is 18.6. The summed E-state index contributed by atoms with van der Waals surface area (Å²) in [5.74, 6) is 0. The average Bonchev–Trinajstić information content (AvgIpc) is 3.09. The first-order chi connectivity index (χ1) is 12.8. The Morgan fingerprint density at radius 1 is 0.923 bits per heavy atom. The lowest BCUT2D eigenvalue weighted by atomic mass is 10.1. The molecular formula is C22H31N3O. The zero-order chi connectivity index (χ0) is 18.9. The Kier molecular flexibility index (Phi) is 7.52. The molecule has 0 aromatic heterocycles. The van der Waals surface area contributed by atoms with E-state index >= 15 is 0 Å². The lowest BCUT2D eigenvalue weighted by Crippen LogP contribution is -2.61. The molecular weight excluding hydrogens is 322 g/mol. The first-order valence-corrected chi connectivity index (χ1v) is 9.77. The molecule has 0 saturated carbocycles. The highest BCUT2D eigenvalue weighted by molar-refractivity contribution is 5.90. The van der Waals surface area contributed by atoms with Gasteiger partial charge in [-0.3, -0.25) is 0 Å². The minimum absolute atomic E-state index is 0.00469. The van der Waals surface area contributed by atoms with E-state index in [0.29, 0.717) is 6.04 Å². The van der Waals surface area contributed by atoms with Crippen molar-refractivity contribution in [2.75, 3.05) is 29.9 Å². The van der Waals surface area contributed by atoms with Gasteiger partial charge in [-0.2, -0.15) is 0 Å². The predicted molar refractivity (Wildman–Crippen MR) is 111 cm³/mol. The maximum atomic E-state index is 12.2. The van der Waals surface area contributed by atoms with Gasteiger partial charge in [-0.1, -0.05) is 64.1 Å². The van der Waals surface area contributed by atoms with Crippen molar-refractivity contribution in [3.8, 4) is 0 Å². The van der Waals surface area contributed by atoms with E-state index in [4.69, 9.17) is 0 Å². The molecule has 1 saturated heterocycles. The summed E-state index contributed by atoms with van der Waals surface area (Å²) in [5, 5.41) is 2.94. The second kappa shape index (κ2) is 9.85. The van der Waals surface area contributed by atoms with Crippen LogP contribution in [0.5, 0.6) is 0 Å². The van der Waals surface area contributed by atoms with Gasteiger partial charge in [0.05, 0.1) is 6.04 Å². The molecule has 26 heavy (non-hydrogen) atoms. The third kappa shape index (κ3) is 4.37. The van der Waals surface area contributed by atoms with Crippen molar-refractivity contribution in [3.05, 3.63) is 60.2 Å². The van der Waals surface area contributed by atoms with Crippen molar-refractivity contribution in [1.82, 2.24) is 4.90 Å². The summed E-state index contributed by atoms with van der Waals surface area (Å²) >= 11 is 0. The second-order valence-electron chi connectivity index (χ2n) is 5.93. The largest absolute Gasteiger partial charge is 0.364 e. The predicted octanol–water partition coefficient (Wildman–Crippen LogP) is 5.02. The molecule has 4 rings (SSSR count). The second-order valence-corrected chi connectivity index (χ2v) is 5.93. The van der Waals surface area contributed by atoms with Gasteiger partial charge >= 0.3 is 6.03 Å². The fraction of sp³-hybridized carbons (Fsp3) is 0.409. The van der Waals surface area contributed by atoms with Crippen LogP contribution in [0.1, 0.15) is 33.3 Å². The summed E-state index contributed by atoms with van der Waals surface area (Å²) in [6.07, 6.45) is 1.11. The lowest BCUT2D eigenvalue weighted by Gasteiger charge is -2.45. The quantitative estimate of drug-likeness (QED) is 0.823. The molecule has 4 nitrogen and oxygen atoms in total. The number of urea groups is 1. The third-order valence-electron chi connectivity index (χ3n) is 4.54. The number of carbonyl (C=O) groups excluding carboxylic acids is 1. The first-order valence-electron chi connectivity index (χ1n) is 9.77. The van der Waals surface area contributed by atoms with E-state index < -0.39 is 0 Å². The Balaban J connectivity index is 0.000000570. The number of anilines is 2. The van der Waals surface area contributed by atoms with Crippen molar-refractivity contribution in [1.29, 1.82) is 0 Å². The van der Waals surface area contributed by atoms with Crippen LogP contribution in [0.2, 0.25) is 0 Å². The van der Waals surface area contributed by atoms with Gasteiger partial charge in [0.1, 0.15) is 0 Å². The molecule has 2 aromatic rings. The summed E-state index contributed by atoms with van der Waals surface area (Å²) in [5.41, 5.74) is 3.62. The number of hydrogen-bond acceptors (Lipinski definition) is 2. The molecule has 0 radical (unpaired) electrons. The van der Waals surface area contributed by atoms with Crippen LogP contribution in [0.3, 0.4) is 0 Å². The van der Waals surface area contributed by atoms with Crippen LogP contribution < -0.4 is 10.2 Å². The number of fused-ring (bicyclic) bond motifs is 1. The number of para-hydroxylation sites is 2. The zero-order valence-corrected chi connectivity index (χ0v) is 16.4. The number of benzene rings is 2. The van der Waals surface area contributed by atoms with E-state index in [0.717, 1.165) is 31.7 Å². The van der Waals surface area contributed by atoms with E-state index in [-0.39, 0.29) is 6.03 Å². The summed E-state index contributed by atoms with van der Waals surface area (Å²) in [6.45, 7) is 10.7. The Hall–Kier alpha value is -2.49. The Bertz CT molecular complexity index is 681. The topological polar surface area (TPSA) is 35.6 Å². The van der Waals surface area contributed by atoms with Crippen molar-refractivity contribution in [2.45, 2.75) is 40.2 Å². The number of carbonyl (C=O) groups is 1. The Morgan fingerprint density at radius 2 is 1.54 bits per heavy atom. The van der Waals surface area contributed by atoms with Gasteiger partial charge < -0.3 is 15.1 Å². The van der Waals surface area contributed by atoms with Gasteiger partial charge in [-0.15, -0.1) is 0 Å². The van der Waals surface area contributed by atoms with Crippen molar-refractivity contribution in [2.24, 2.45) is 0 Å². The number of rotatable bonds is 2. The highest BCUT2D eigenvalue weighted by Gasteiger charge is 2.37. The van der Waals surface area contributed by atoms with Crippen LogP contribution in [-0.2, 0) is 6.42 Å². The zero-order valence-electron chi connectivity index (χ0n) is 16.4.